The molecule has 10 nitrogen and oxygen atoms in total. The van der Waals surface area contributed by atoms with Crippen LogP contribution >= 0.6 is 0 Å². The van der Waals surface area contributed by atoms with E-state index in [-0.39, 0.29) is 30.6 Å². The smallest absolute Gasteiger partial charge is 0.278 e. The first-order valence-electron chi connectivity index (χ1n) is 13.3. The Hall–Kier alpha value is -4.73. The molecule has 0 aliphatic carbocycles. The molecule has 10 heteroatoms. The molecule has 1 aliphatic rings. The van der Waals surface area contributed by atoms with Crippen molar-refractivity contribution in [3.8, 4) is 0 Å². The summed E-state index contributed by atoms with van der Waals surface area (Å²) in [5.74, 6) is 1.31. The number of likely N-dealkylation sites (tertiary alicyclic amines) is 1. The van der Waals surface area contributed by atoms with E-state index in [0.717, 1.165) is 61.2 Å². The van der Waals surface area contributed by atoms with E-state index in [1.54, 1.807) is 12.3 Å². The van der Waals surface area contributed by atoms with Gasteiger partial charge in [-0.3, -0.25) is 14.5 Å². The molecule has 1 aliphatic heterocycles. The van der Waals surface area contributed by atoms with Gasteiger partial charge in [0.2, 0.25) is 6.41 Å². The normalized spacial score (nSPS) is 13.7. The number of nitrogen functional groups attached to an aromatic ring is 1. The number of nitrogens with zero attached hydrogens (tertiary/aromatic N) is 6. The second kappa shape index (κ2) is 10.6. The lowest BCUT2D eigenvalue weighted by atomic mass is 10.1. The molecule has 3 N–H and O–H groups in total. The van der Waals surface area contributed by atoms with Crippen LogP contribution in [0.2, 0.25) is 0 Å². The summed E-state index contributed by atoms with van der Waals surface area (Å²) in [6.07, 6.45) is 5.66. The molecule has 0 unspecified atom stereocenters. The lowest BCUT2D eigenvalue weighted by Crippen LogP contribution is -2.43. The zero-order valence-corrected chi connectivity index (χ0v) is 21.7. The van der Waals surface area contributed by atoms with Gasteiger partial charge in [-0.1, -0.05) is 42.5 Å². The van der Waals surface area contributed by atoms with Gasteiger partial charge >= 0.3 is 0 Å². The molecule has 0 radical (unpaired) electrons. The number of nitrogens with one attached hydrogen (secondary N) is 1. The second-order valence-electron chi connectivity index (χ2n) is 9.88. The van der Waals surface area contributed by atoms with Crippen LogP contribution in [0.25, 0.3) is 22.2 Å². The number of amides is 2. The zero-order valence-electron chi connectivity index (χ0n) is 21.7. The van der Waals surface area contributed by atoms with Gasteiger partial charge in [-0.2, -0.15) is 0 Å². The Morgan fingerprint density at radius 3 is 2.59 bits per heavy atom. The van der Waals surface area contributed by atoms with Crippen molar-refractivity contribution in [3.05, 3.63) is 78.2 Å². The second-order valence-corrected chi connectivity index (χ2v) is 9.88. The molecule has 39 heavy (non-hydrogen) atoms. The number of imidazole rings is 1. The standard InChI is InChI=1S/C29H31N8O2/c30-27-29(32-22-13-14-31-28(22)33-27)35(20-38)18-25-36(17-21-9-3-1-4-10-21)23-11-5-6-12-24(23)37(25)19-26(39)34-15-7-2-8-16-34/h1,3-6,9-14,20H,2,7-8,15-19H2,(H3,30,31,33)/q+1. The molecule has 1 saturated heterocycles. The Morgan fingerprint density at radius 1 is 1.03 bits per heavy atom. The highest BCUT2D eigenvalue weighted by atomic mass is 16.2. The highest BCUT2D eigenvalue weighted by molar-refractivity contribution is 5.84. The van der Waals surface area contributed by atoms with E-state index < -0.39 is 0 Å². The van der Waals surface area contributed by atoms with Crippen LogP contribution in [0.1, 0.15) is 30.7 Å². The average Bonchev–Trinajstić information content (AvgIpc) is 3.54. The number of hydrogen-bond acceptors (Lipinski definition) is 5. The van der Waals surface area contributed by atoms with Crippen molar-refractivity contribution in [2.75, 3.05) is 23.7 Å². The van der Waals surface area contributed by atoms with Crippen LogP contribution in [0, 0.1) is 0 Å². The lowest BCUT2D eigenvalue weighted by molar-refractivity contribution is -0.671. The fraction of sp³-hybridized carbons (Fsp3) is 0.276. The number of carbonyl (C=O) groups excluding carboxylic acids is 2. The molecular weight excluding hydrogens is 492 g/mol. The van der Waals surface area contributed by atoms with Crippen LogP contribution in [0.15, 0.2) is 66.9 Å². The number of aromatic amines is 1. The summed E-state index contributed by atoms with van der Waals surface area (Å²) >= 11 is 0. The van der Waals surface area contributed by atoms with E-state index in [1.165, 1.54) is 4.90 Å². The molecule has 5 aromatic rings. The first-order chi connectivity index (χ1) is 19.1. The van der Waals surface area contributed by atoms with E-state index in [2.05, 4.69) is 37.7 Å². The van der Waals surface area contributed by atoms with E-state index in [9.17, 15) is 9.59 Å². The Morgan fingerprint density at radius 2 is 1.79 bits per heavy atom. The summed E-state index contributed by atoms with van der Waals surface area (Å²) in [6.45, 7) is 2.48. The topological polar surface area (TPSA) is 117 Å². The predicted octanol–water partition coefficient (Wildman–Crippen LogP) is 3.01. The van der Waals surface area contributed by atoms with Crippen LogP contribution in [0.3, 0.4) is 0 Å². The summed E-state index contributed by atoms with van der Waals surface area (Å²) in [6, 6.07) is 20.0. The minimum Gasteiger partial charge on any atom is -0.381 e. The first-order valence-corrected chi connectivity index (χ1v) is 13.3. The summed E-state index contributed by atoms with van der Waals surface area (Å²) in [5.41, 5.74) is 10.5. The van der Waals surface area contributed by atoms with Gasteiger partial charge in [-0.25, -0.2) is 19.1 Å². The number of H-pyrrole nitrogens is 1. The quantitative estimate of drug-likeness (QED) is 0.240. The summed E-state index contributed by atoms with van der Waals surface area (Å²) in [4.78, 5) is 41.4. The number of rotatable bonds is 8. The minimum atomic E-state index is 0.0780. The number of fused-ring (bicyclic) bond motifs is 2. The van der Waals surface area contributed by atoms with Crippen LogP contribution in [-0.2, 0) is 29.2 Å². The fourth-order valence-electron chi connectivity index (χ4n) is 5.41. The average molecular weight is 524 g/mol. The third-order valence-corrected chi connectivity index (χ3v) is 7.37. The minimum absolute atomic E-state index is 0.0780. The maximum atomic E-state index is 13.5. The van der Waals surface area contributed by atoms with E-state index in [4.69, 9.17) is 5.73 Å². The molecule has 0 atom stereocenters. The SMILES string of the molecule is Nc1nc2[nH]ccc2nc1N(C=O)Cc1n(CC(=O)N2CCCCC2)c2ccccc2[n+]1Cc1ccccc1. The van der Waals surface area contributed by atoms with Crippen molar-refractivity contribution in [2.45, 2.75) is 38.9 Å². The molecule has 198 valence electrons. The van der Waals surface area contributed by atoms with Gasteiger partial charge in [0.15, 0.2) is 34.9 Å². The van der Waals surface area contributed by atoms with Crippen LogP contribution in [-0.4, -0.2) is 49.8 Å². The predicted molar refractivity (Wildman–Crippen MR) is 149 cm³/mol. The molecule has 3 aromatic heterocycles. The van der Waals surface area contributed by atoms with Gasteiger partial charge in [0.05, 0.1) is 0 Å². The third kappa shape index (κ3) is 4.81. The van der Waals surface area contributed by atoms with Gasteiger partial charge in [0.1, 0.15) is 18.6 Å². The monoisotopic (exact) mass is 523 g/mol. The van der Waals surface area contributed by atoms with Crippen molar-refractivity contribution in [1.82, 2.24) is 24.4 Å². The number of anilines is 2. The third-order valence-electron chi connectivity index (χ3n) is 7.37. The van der Waals surface area contributed by atoms with Gasteiger partial charge in [0.25, 0.3) is 11.7 Å². The Balaban J connectivity index is 1.46. The number of para-hydroxylation sites is 2. The number of nitrogens with two attached hydrogens (primary N) is 1. The van der Waals surface area contributed by atoms with Crippen molar-refractivity contribution in [3.63, 3.8) is 0 Å². The van der Waals surface area contributed by atoms with E-state index in [1.807, 2.05) is 45.9 Å². The van der Waals surface area contributed by atoms with Gasteiger partial charge < -0.3 is 15.6 Å². The van der Waals surface area contributed by atoms with Crippen LogP contribution in [0.5, 0.6) is 0 Å². The lowest BCUT2D eigenvalue weighted by Gasteiger charge is -2.26. The fourth-order valence-corrected chi connectivity index (χ4v) is 5.41. The maximum Gasteiger partial charge on any atom is 0.278 e. The molecule has 1 fully saturated rings. The summed E-state index contributed by atoms with van der Waals surface area (Å²) in [5, 5.41) is 0. The highest BCUT2D eigenvalue weighted by Crippen LogP contribution is 2.24. The number of aromatic nitrogens is 5. The molecule has 0 bridgehead atoms. The summed E-state index contributed by atoms with van der Waals surface area (Å²) < 4.78 is 4.20. The Bertz CT molecular complexity index is 1640. The van der Waals surface area contributed by atoms with Crippen molar-refractivity contribution < 1.29 is 14.2 Å². The molecule has 6 rings (SSSR count). The first kappa shape index (κ1) is 24.6. The molecule has 0 saturated carbocycles. The Labute approximate surface area is 225 Å². The molecule has 2 aromatic carbocycles. The number of piperidine rings is 1. The largest absolute Gasteiger partial charge is 0.381 e. The van der Waals surface area contributed by atoms with Crippen LogP contribution in [0.4, 0.5) is 11.6 Å². The van der Waals surface area contributed by atoms with E-state index in [0.29, 0.717) is 17.7 Å². The number of carbonyl (C=O) groups is 2. The van der Waals surface area contributed by atoms with Crippen molar-refractivity contribution in [2.24, 2.45) is 0 Å². The zero-order chi connectivity index (χ0) is 26.8. The molecule has 4 heterocycles. The molecular formula is C29H31N8O2+. The van der Waals surface area contributed by atoms with E-state index >= 15 is 0 Å². The number of hydrogen-bond donors (Lipinski definition) is 2. The Kier molecular flexibility index (Phi) is 6.66. The number of benzene rings is 2. The van der Waals surface area contributed by atoms with Gasteiger partial charge in [-0.15, -0.1) is 0 Å². The molecule has 2 amide bonds. The van der Waals surface area contributed by atoms with Crippen LogP contribution < -0.4 is 15.2 Å². The summed E-state index contributed by atoms with van der Waals surface area (Å²) in [7, 11) is 0. The van der Waals surface area contributed by atoms with Crippen molar-refractivity contribution >= 4 is 46.2 Å². The van der Waals surface area contributed by atoms with Gasteiger partial charge in [-0.05, 0) is 43.0 Å². The highest BCUT2D eigenvalue weighted by Gasteiger charge is 2.31. The van der Waals surface area contributed by atoms with Crippen molar-refractivity contribution in [1.29, 1.82) is 0 Å². The van der Waals surface area contributed by atoms with Gasteiger partial charge in [0, 0.05) is 19.3 Å². The maximum absolute atomic E-state index is 13.5. The molecule has 0 spiro atoms.